The van der Waals surface area contributed by atoms with Crippen LogP contribution in [0.4, 0.5) is 0 Å². The summed E-state index contributed by atoms with van der Waals surface area (Å²) in [7, 11) is 0. The third-order valence-electron chi connectivity index (χ3n) is 3.74. The summed E-state index contributed by atoms with van der Waals surface area (Å²) in [5.74, 6) is -0.202. The van der Waals surface area contributed by atoms with Crippen molar-refractivity contribution in [2.45, 2.75) is 6.10 Å². The Balaban J connectivity index is 1.80. The molecule has 4 nitrogen and oxygen atoms in total. The normalized spacial score (nSPS) is 18.2. The van der Waals surface area contributed by atoms with Gasteiger partial charge in [0.05, 0.1) is 18.7 Å². The van der Waals surface area contributed by atoms with Crippen molar-refractivity contribution in [3.8, 4) is 5.75 Å². The summed E-state index contributed by atoms with van der Waals surface area (Å²) >= 11 is 6.20. The number of ether oxygens (including phenoxy) is 1. The van der Waals surface area contributed by atoms with Crippen LogP contribution in [0, 0.1) is 0 Å². The molecule has 1 saturated heterocycles. The second-order valence-corrected chi connectivity index (χ2v) is 5.56. The standard InChI is InChI=1S/C17H16ClNO3/c18-14-7-3-1-5-12(14)16-11-19(9-10-22-16)17(21)13-6-2-4-8-15(13)20/h1-8,16,20H,9-11H2. The number of nitrogens with zero attached hydrogens (tertiary/aromatic N) is 1. The minimum Gasteiger partial charge on any atom is -0.507 e. The molecule has 0 radical (unpaired) electrons. The zero-order valence-electron chi connectivity index (χ0n) is 11.9. The second-order valence-electron chi connectivity index (χ2n) is 5.15. The summed E-state index contributed by atoms with van der Waals surface area (Å²) < 4.78 is 5.75. The number of carbonyl (C=O) groups is 1. The smallest absolute Gasteiger partial charge is 0.257 e. The molecule has 0 aliphatic carbocycles. The Bertz CT molecular complexity index is 689. The molecule has 1 unspecified atom stereocenters. The highest BCUT2D eigenvalue weighted by Crippen LogP contribution is 2.29. The van der Waals surface area contributed by atoms with Gasteiger partial charge in [0.15, 0.2) is 0 Å². The van der Waals surface area contributed by atoms with Crippen molar-refractivity contribution in [2.75, 3.05) is 19.7 Å². The highest BCUT2D eigenvalue weighted by Gasteiger charge is 2.28. The van der Waals surface area contributed by atoms with Crippen LogP contribution in [-0.2, 0) is 4.74 Å². The first-order valence-corrected chi connectivity index (χ1v) is 7.48. The van der Waals surface area contributed by atoms with Crippen LogP contribution < -0.4 is 0 Å². The van der Waals surface area contributed by atoms with Crippen LogP contribution in [0.3, 0.4) is 0 Å². The summed E-state index contributed by atoms with van der Waals surface area (Å²) in [5, 5.41) is 10.5. The molecule has 0 spiro atoms. The van der Waals surface area contributed by atoms with Crippen molar-refractivity contribution in [2.24, 2.45) is 0 Å². The van der Waals surface area contributed by atoms with E-state index in [1.807, 2.05) is 24.3 Å². The first-order chi connectivity index (χ1) is 10.7. The van der Waals surface area contributed by atoms with Gasteiger partial charge in [-0.2, -0.15) is 0 Å². The van der Waals surface area contributed by atoms with Crippen LogP contribution in [-0.4, -0.2) is 35.6 Å². The number of aromatic hydroxyl groups is 1. The van der Waals surface area contributed by atoms with Crippen molar-refractivity contribution < 1.29 is 14.6 Å². The molecule has 1 fully saturated rings. The van der Waals surface area contributed by atoms with Crippen LogP contribution >= 0.6 is 11.6 Å². The largest absolute Gasteiger partial charge is 0.507 e. The predicted molar refractivity (Wildman–Crippen MR) is 84.2 cm³/mol. The third kappa shape index (κ3) is 2.93. The van der Waals surface area contributed by atoms with Gasteiger partial charge in [0, 0.05) is 17.1 Å². The zero-order valence-corrected chi connectivity index (χ0v) is 12.7. The molecule has 1 N–H and O–H groups in total. The molecule has 0 saturated carbocycles. The number of phenols is 1. The van der Waals surface area contributed by atoms with E-state index in [4.69, 9.17) is 16.3 Å². The van der Waals surface area contributed by atoms with E-state index in [1.54, 1.807) is 23.1 Å². The van der Waals surface area contributed by atoms with Gasteiger partial charge in [-0.25, -0.2) is 0 Å². The van der Waals surface area contributed by atoms with Gasteiger partial charge in [-0.15, -0.1) is 0 Å². The van der Waals surface area contributed by atoms with E-state index >= 15 is 0 Å². The van der Waals surface area contributed by atoms with Gasteiger partial charge in [0.2, 0.25) is 0 Å². The van der Waals surface area contributed by atoms with Gasteiger partial charge in [0.1, 0.15) is 11.9 Å². The number of phenolic OH excluding ortho intramolecular Hbond substituents is 1. The molecule has 3 rings (SSSR count). The van der Waals surface area contributed by atoms with E-state index in [0.29, 0.717) is 30.3 Å². The minimum atomic E-state index is -0.253. The van der Waals surface area contributed by atoms with Crippen LogP contribution in [0.15, 0.2) is 48.5 Å². The number of amides is 1. The Morgan fingerprint density at radius 1 is 1.18 bits per heavy atom. The Hall–Kier alpha value is -2.04. The van der Waals surface area contributed by atoms with Crippen molar-refractivity contribution in [3.63, 3.8) is 0 Å². The van der Waals surface area contributed by atoms with E-state index in [0.717, 1.165) is 5.56 Å². The van der Waals surface area contributed by atoms with E-state index in [9.17, 15) is 9.90 Å². The lowest BCUT2D eigenvalue weighted by Crippen LogP contribution is -2.42. The lowest BCUT2D eigenvalue weighted by Gasteiger charge is -2.33. The molecule has 1 atom stereocenters. The molecule has 1 heterocycles. The maximum Gasteiger partial charge on any atom is 0.257 e. The van der Waals surface area contributed by atoms with Gasteiger partial charge in [-0.3, -0.25) is 4.79 Å². The van der Waals surface area contributed by atoms with Gasteiger partial charge in [-0.1, -0.05) is 41.9 Å². The minimum absolute atomic E-state index is 0.00622. The van der Waals surface area contributed by atoms with Crippen LogP contribution in [0.2, 0.25) is 5.02 Å². The average molecular weight is 318 g/mol. The number of halogens is 1. The number of benzene rings is 2. The van der Waals surface area contributed by atoms with E-state index in [-0.39, 0.29) is 17.8 Å². The number of hydrogen-bond acceptors (Lipinski definition) is 3. The van der Waals surface area contributed by atoms with Crippen molar-refractivity contribution in [3.05, 3.63) is 64.7 Å². The molecular formula is C17H16ClNO3. The van der Waals surface area contributed by atoms with Gasteiger partial charge < -0.3 is 14.7 Å². The summed E-state index contributed by atoms with van der Waals surface area (Å²) in [5.41, 5.74) is 1.18. The number of para-hydroxylation sites is 1. The average Bonchev–Trinajstić information content (AvgIpc) is 2.55. The number of rotatable bonds is 2. The fraction of sp³-hybridized carbons (Fsp3) is 0.235. The third-order valence-corrected chi connectivity index (χ3v) is 4.08. The van der Waals surface area contributed by atoms with Crippen LogP contribution in [0.5, 0.6) is 5.75 Å². The maximum atomic E-state index is 12.6. The molecule has 1 aliphatic heterocycles. The summed E-state index contributed by atoms with van der Waals surface area (Å²) in [6.45, 7) is 1.35. The van der Waals surface area contributed by atoms with E-state index in [2.05, 4.69) is 0 Å². The molecule has 2 aromatic rings. The van der Waals surface area contributed by atoms with Crippen LogP contribution in [0.25, 0.3) is 0 Å². The molecule has 114 valence electrons. The summed E-state index contributed by atoms with van der Waals surface area (Å²) in [6, 6.07) is 14.0. The fourth-order valence-corrected chi connectivity index (χ4v) is 2.84. The number of hydrogen-bond donors (Lipinski definition) is 1. The van der Waals surface area contributed by atoms with Gasteiger partial charge in [0.25, 0.3) is 5.91 Å². The van der Waals surface area contributed by atoms with Gasteiger partial charge in [-0.05, 0) is 18.2 Å². The quantitative estimate of drug-likeness (QED) is 0.925. The van der Waals surface area contributed by atoms with Gasteiger partial charge >= 0.3 is 0 Å². The van der Waals surface area contributed by atoms with Crippen molar-refractivity contribution in [1.82, 2.24) is 4.90 Å². The molecule has 0 bridgehead atoms. The summed E-state index contributed by atoms with van der Waals surface area (Å²) in [6.07, 6.45) is -0.253. The number of carbonyl (C=O) groups excluding carboxylic acids is 1. The second kappa shape index (κ2) is 6.38. The molecule has 22 heavy (non-hydrogen) atoms. The maximum absolute atomic E-state index is 12.6. The summed E-state index contributed by atoms with van der Waals surface area (Å²) in [4.78, 5) is 14.2. The monoisotopic (exact) mass is 317 g/mol. The number of morpholine rings is 1. The Morgan fingerprint density at radius 2 is 1.91 bits per heavy atom. The molecule has 1 aliphatic rings. The molecule has 5 heteroatoms. The Kier molecular flexibility index (Phi) is 4.32. The fourth-order valence-electron chi connectivity index (χ4n) is 2.58. The zero-order chi connectivity index (χ0) is 15.5. The van der Waals surface area contributed by atoms with Crippen molar-refractivity contribution in [1.29, 1.82) is 0 Å². The highest BCUT2D eigenvalue weighted by molar-refractivity contribution is 6.31. The Labute approximate surface area is 133 Å². The Morgan fingerprint density at radius 3 is 2.68 bits per heavy atom. The van der Waals surface area contributed by atoms with Crippen molar-refractivity contribution >= 4 is 17.5 Å². The van der Waals surface area contributed by atoms with Crippen LogP contribution in [0.1, 0.15) is 22.0 Å². The molecular weight excluding hydrogens is 302 g/mol. The first kappa shape index (κ1) is 14.9. The highest BCUT2D eigenvalue weighted by atomic mass is 35.5. The lowest BCUT2D eigenvalue weighted by molar-refractivity contribution is -0.0228. The van der Waals surface area contributed by atoms with E-state index < -0.39 is 0 Å². The van der Waals surface area contributed by atoms with E-state index in [1.165, 1.54) is 6.07 Å². The molecule has 0 aromatic heterocycles. The first-order valence-electron chi connectivity index (χ1n) is 7.10. The predicted octanol–water partition coefficient (Wildman–Crippen LogP) is 3.26. The molecule has 1 amide bonds. The topological polar surface area (TPSA) is 49.8 Å². The lowest BCUT2D eigenvalue weighted by atomic mass is 10.1. The SMILES string of the molecule is O=C(c1ccccc1O)N1CCOC(c2ccccc2Cl)C1. The molecule has 2 aromatic carbocycles.